The average molecular weight is 244 g/mol. The molecule has 0 N–H and O–H groups in total. The quantitative estimate of drug-likeness (QED) is 0.566. The highest BCUT2D eigenvalue weighted by Crippen LogP contribution is 2.19. The van der Waals surface area contributed by atoms with Crippen LogP contribution in [0.5, 0.6) is 0 Å². The van der Waals surface area contributed by atoms with Crippen molar-refractivity contribution in [3.05, 3.63) is 12.3 Å². The van der Waals surface area contributed by atoms with Gasteiger partial charge in [0.25, 0.3) is 0 Å². The summed E-state index contributed by atoms with van der Waals surface area (Å²) in [5.74, 6) is 0. The predicted octanol–water partition coefficient (Wildman–Crippen LogP) is 4.19. The first-order valence-corrected chi connectivity index (χ1v) is 8.86. The van der Waals surface area contributed by atoms with Crippen LogP contribution in [0.4, 0.5) is 0 Å². The number of hydrogen-bond donors (Lipinski definition) is 0. The highest BCUT2D eigenvalue weighted by molar-refractivity contribution is 6.71. The van der Waals surface area contributed by atoms with Crippen molar-refractivity contribution in [1.82, 2.24) is 0 Å². The molecule has 0 aromatic carbocycles. The Morgan fingerprint density at radius 1 is 1.12 bits per heavy atom. The molecular weight excluding hydrogens is 216 g/mol. The topological polar surface area (TPSA) is 18.5 Å². The maximum atomic E-state index is 6.18. The van der Waals surface area contributed by atoms with E-state index in [2.05, 4.69) is 27.0 Å². The first-order chi connectivity index (χ1) is 7.47. The molecule has 0 amide bonds. The van der Waals surface area contributed by atoms with Gasteiger partial charge in [-0.15, -0.1) is 6.58 Å². The zero-order valence-corrected chi connectivity index (χ0v) is 12.6. The van der Waals surface area contributed by atoms with Gasteiger partial charge in [0.2, 0.25) is 0 Å². The molecule has 16 heavy (non-hydrogen) atoms. The maximum Gasteiger partial charge on any atom is 0.361 e. The van der Waals surface area contributed by atoms with Crippen LogP contribution in [-0.2, 0) is 8.85 Å². The highest BCUT2D eigenvalue weighted by atomic mass is 28.4. The summed E-state index contributed by atoms with van der Waals surface area (Å²) in [5.41, 5.74) is 1.89. The van der Waals surface area contributed by atoms with Gasteiger partial charge in [0.1, 0.15) is 0 Å². The van der Waals surface area contributed by atoms with Gasteiger partial charge in [0.15, 0.2) is 0 Å². The van der Waals surface area contributed by atoms with E-state index < -0.39 is 8.56 Å². The van der Waals surface area contributed by atoms with Gasteiger partial charge in [0, 0.05) is 12.2 Å². The molecule has 1 unspecified atom stereocenters. The fourth-order valence-electron chi connectivity index (χ4n) is 1.83. The van der Waals surface area contributed by atoms with Crippen LogP contribution < -0.4 is 0 Å². The molecule has 0 aromatic heterocycles. The minimum atomic E-state index is -2.16. The fraction of sp³-hybridized carbons (Fsp3) is 0.846. The molecule has 0 aromatic rings. The molecule has 0 aliphatic heterocycles. The van der Waals surface area contributed by atoms with Gasteiger partial charge in [-0.1, -0.05) is 26.7 Å². The molecule has 1 atom stereocenters. The van der Waals surface area contributed by atoms with Gasteiger partial charge in [-0.2, -0.15) is 0 Å². The third kappa shape index (κ3) is 6.46. The van der Waals surface area contributed by atoms with Crippen molar-refractivity contribution in [2.24, 2.45) is 0 Å². The Morgan fingerprint density at radius 3 is 1.94 bits per heavy atom. The largest absolute Gasteiger partial charge is 0.389 e. The zero-order chi connectivity index (χ0) is 12.6. The summed E-state index contributed by atoms with van der Waals surface area (Å²) >= 11 is 0. The van der Waals surface area contributed by atoms with E-state index in [-0.39, 0.29) is 6.10 Å². The van der Waals surface area contributed by atoms with E-state index in [0.29, 0.717) is 6.10 Å². The molecule has 0 rings (SSSR count). The van der Waals surface area contributed by atoms with Gasteiger partial charge in [0.05, 0.1) is 0 Å². The molecule has 0 aliphatic carbocycles. The molecule has 0 spiro atoms. The van der Waals surface area contributed by atoms with Gasteiger partial charge >= 0.3 is 8.56 Å². The van der Waals surface area contributed by atoms with Gasteiger partial charge in [-0.3, -0.25) is 0 Å². The molecular formula is C13H28O2Si. The van der Waals surface area contributed by atoms with Crippen LogP contribution >= 0.6 is 0 Å². The normalized spacial score (nSPS) is 15.4. The van der Waals surface area contributed by atoms with Crippen molar-refractivity contribution in [3.8, 4) is 0 Å². The van der Waals surface area contributed by atoms with E-state index in [0.717, 1.165) is 25.7 Å². The Morgan fingerprint density at radius 2 is 1.62 bits per heavy atom. The van der Waals surface area contributed by atoms with Gasteiger partial charge in [-0.25, -0.2) is 0 Å². The fourth-order valence-corrected chi connectivity index (χ4v) is 3.91. The monoisotopic (exact) mass is 244 g/mol. The summed E-state index contributed by atoms with van der Waals surface area (Å²) < 4.78 is 12.1. The Labute approximate surface area is 102 Å². The van der Waals surface area contributed by atoms with E-state index in [1.807, 2.05) is 19.5 Å². The molecule has 0 aliphatic rings. The van der Waals surface area contributed by atoms with Crippen molar-refractivity contribution in [1.29, 1.82) is 0 Å². The summed E-state index contributed by atoms with van der Waals surface area (Å²) in [6.07, 6.45) is 5.10. The molecule has 0 saturated heterocycles. The Kier molecular flexibility index (Phi) is 7.98. The van der Waals surface area contributed by atoms with Crippen molar-refractivity contribution in [2.45, 2.75) is 72.1 Å². The van der Waals surface area contributed by atoms with Gasteiger partial charge < -0.3 is 8.85 Å². The summed E-state index contributed by atoms with van der Waals surface area (Å²) in [4.78, 5) is 0. The third-order valence-corrected chi connectivity index (χ3v) is 4.94. The lowest BCUT2D eigenvalue weighted by atomic mass is 10.1. The second-order valence-corrected chi connectivity index (χ2v) is 7.62. The van der Waals surface area contributed by atoms with E-state index in [4.69, 9.17) is 8.85 Å². The van der Waals surface area contributed by atoms with Crippen molar-refractivity contribution < 1.29 is 8.85 Å². The Balaban J connectivity index is 4.38. The Hall–Kier alpha value is -0.123. The molecule has 96 valence electrons. The smallest absolute Gasteiger partial charge is 0.361 e. The van der Waals surface area contributed by atoms with Gasteiger partial charge in [-0.05, 0) is 38.9 Å². The third-order valence-electron chi connectivity index (χ3n) is 2.46. The van der Waals surface area contributed by atoms with Crippen molar-refractivity contribution in [3.63, 3.8) is 0 Å². The SMILES string of the molecule is C=C[Si](C)(OC(C)C)OC(CCC)CCC. The van der Waals surface area contributed by atoms with Crippen LogP contribution in [0.25, 0.3) is 0 Å². The van der Waals surface area contributed by atoms with E-state index in [1.54, 1.807) is 0 Å². The number of rotatable bonds is 9. The summed E-state index contributed by atoms with van der Waals surface area (Å²) in [6.45, 7) is 14.4. The standard InChI is InChI=1S/C13H28O2Si/c1-7-10-13(11-8-2)15-16(6,9-3)14-12(4)5/h9,12-13H,3,7-8,10-11H2,1-2,4-6H3. The first kappa shape index (κ1) is 15.9. The lowest BCUT2D eigenvalue weighted by molar-refractivity contribution is 0.0916. The van der Waals surface area contributed by atoms with Crippen molar-refractivity contribution >= 4 is 8.56 Å². The zero-order valence-electron chi connectivity index (χ0n) is 11.6. The molecule has 0 radical (unpaired) electrons. The molecule has 0 heterocycles. The molecule has 0 bridgehead atoms. The highest BCUT2D eigenvalue weighted by Gasteiger charge is 2.31. The first-order valence-electron chi connectivity index (χ1n) is 6.46. The minimum absolute atomic E-state index is 0.207. The van der Waals surface area contributed by atoms with E-state index in [9.17, 15) is 0 Å². The molecule has 3 heteroatoms. The maximum absolute atomic E-state index is 6.18. The van der Waals surface area contributed by atoms with Crippen LogP contribution in [0.3, 0.4) is 0 Å². The van der Waals surface area contributed by atoms with E-state index in [1.165, 1.54) is 0 Å². The average Bonchev–Trinajstić information content (AvgIpc) is 2.17. The molecule has 0 fully saturated rings. The second-order valence-electron chi connectivity index (χ2n) is 4.70. The van der Waals surface area contributed by atoms with E-state index >= 15 is 0 Å². The second kappa shape index (κ2) is 8.04. The van der Waals surface area contributed by atoms with Crippen LogP contribution in [0.2, 0.25) is 6.55 Å². The summed E-state index contributed by atoms with van der Waals surface area (Å²) in [6, 6.07) is 0. The van der Waals surface area contributed by atoms with Crippen molar-refractivity contribution in [2.75, 3.05) is 0 Å². The Bertz CT molecular complexity index is 188. The van der Waals surface area contributed by atoms with Crippen LogP contribution in [0.1, 0.15) is 53.4 Å². The summed E-state index contributed by atoms with van der Waals surface area (Å²) in [7, 11) is -2.16. The van der Waals surface area contributed by atoms with Crippen LogP contribution in [0, 0.1) is 0 Å². The predicted molar refractivity (Wildman–Crippen MR) is 72.7 cm³/mol. The lowest BCUT2D eigenvalue weighted by Crippen LogP contribution is -2.42. The van der Waals surface area contributed by atoms with Crippen LogP contribution in [0.15, 0.2) is 12.3 Å². The lowest BCUT2D eigenvalue weighted by Gasteiger charge is -2.30. The van der Waals surface area contributed by atoms with Crippen LogP contribution in [-0.4, -0.2) is 20.8 Å². The molecule has 0 saturated carbocycles. The minimum Gasteiger partial charge on any atom is -0.389 e. The number of hydrogen-bond acceptors (Lipinski definition) is 2. The summed E-state index contributed by atoms with van der Waals surface area (Å²) in [5, 5.41) is 0. The molecule has 2 nitrogen and oxygen atoms in total.